The number of benzene rings is 1. The molecule has 0 atom stereocenters. The molecule has 0 bridgehead atoms. The van der Waals surface area contributed by atoms with E-state index < -0.39 is 5.97 Å². The third-order valence-electron chi connectivity index (χ3n) is 2.57. The SMILES string of the molecule is CC(C)=CCNc1nc(C(=O)O)nc2ccccc12. The van der Waals surface area contributed by atoms with Crippen LogP contribution in [0.15, 0.2) is 35.9 Å². The van der Waals surface area contributed by atoms with E-state index in [1.165, 1.54) is 5.57 Å². The number of fused-ring (bicyclic) bond motifs is 1. The molecular weight excluding hydrogens is 242 g/mol. The second kappa shape index (κ2) is 5.48. The minimum Gasteiger partial charge on any atom is -0.475 e. The number of rotatable bonds is 4. The Balaban J connectivity index is 2.44. The van der Waals surface area contributed by atoms with Gasteiger partial charge in [-0.2, -0.15) is 0 Å². The van der Waals surface area contributed by atoms with Crippen LogP contribution in [0.3, 0.4) is 0 Å². The maximum Gasteiger partial charge on any atom is 0.374 e. The summed E-state index contributed by atoms with van der Waals surface area (Å²) in [4.78, 5) is 19.1. The van der Waals surface area contributed by atoms with Gasteiger partial charge in [0.05, 0.1) is 5.52 Å². The highest BCUT2D eigenvalue weighted by atomic mass is 16.4. The van der Waals surface area contributed by atoms with Crippen LogP contribution in [0.4, 0.5) is 5.82 Å². The van der Waals surface area contributed by atoms with E-state index >= 15 is 0 Å². The molecule has 1 heterocycles. The lowest BCUT2D eigenvalue weighted by Crippen LogP contribution is -2.09. The van der Waals surface area contributed by atoms with E-state index in [0.717, 1.165) is 5.39 Å². The van der Waals surface area contributed by atoms with E-state index in [1.54, 1.807) is 6.07 Å². The van der Waals surface area contributed by atoms with Gasteiger partial charge in [-0.1, -0.05) is 23.8 Å². The fourth-order valence-electron chi connectivity index (χ4n) is 1.66. The van der Waals surface area contributed by atoms with Gasteiger partial charge in [0.2, 0.25) is 5.82 Å². The summed E-state index contributed by atoms with van der Waals surface area (Å²) in [6, 6.07) is 7.33. The molecule has 0 radical (unpaired) electrons. The van der Waals surface area contributed by atoms with E-state index in [0.29, 0.717) is 17.9 Å². The van der Waals surface area contributed by atoms with Gasteiger partial charge in [0.15, 0.2) is 0 Å². The van der Waals surface area contributed by atoms with Gasteiger partial charge in [-0.3, -0.25) is 0 Å². The van der Waals surface area contributed by atoms with Crippen LogP contribution >= 0.6 is 0 Å². The number of para-hydroxylation sites is 1. The Morgan fingerprint density at radius 2 is 2.05 bits per heavy atom. The van der Waals surface area contributed by atoms with E-state index in [2.05, 4.69) is 15.3 Å². The highest BCUT2D eigenvalue weighted by Crippen LogP contribution is 2.19. The zero-order valence-corrected chi connectivity index (χ0v) is 10.8. The van der Waals surface area contributed by atoms with Gasteiger partial charge >= 0.3 is 5.97 Å². The monoisotopic (exact) mass is 257 g/mol. The van der Waals surface area contributed by atoms with Crippen LogP contribution < -0.4 is 5.32 Å². The number of aromatic nitrogens is 2. The van der Waals surface area contributed by atoms with Crippen molar-refractivity contribution in [1.29, 1.82) is 0 Å². The maximum absolute atomic E-state index is 11.0. The number of anilines is 1. The molecule has 98 valence electrons. The Morgan fingerprint density at radius 1 is 1.32 bits per heavy atom. The largest absolute Gasteiger partial charge is 0.475 e. The lowest BCUT2D eigenvalue weighted by atomic mass is 10.2. The summed E-state index contributed by atoms with van der Waals surface area (Å²) in [6.45, 7) is 4.60. The third-order valence-corrected chi connectivity index (χ3v) is 2.57. The van der Waals surface area contributed by atoms with Crippen LogP contribution in [-0.4, -0.2) is 27.6 Å². The Hall–Kier alpha value is -2.43. The summed E-state index contributed by atoms with van der Waals surface area (Å²) in [5.41, 5.74) is 1.80. The molecule has 0 unspecified atom stereocenters. The minimum atomic E-state index is -1.13. The minimum absolute atomic E-state index is 0.196. The van der Waals surface area contributed by atoms with Crippen LogP contribution in [0, 0.1) is 0 Å². The molecule has 0 fully saturated rings. The molecule has 1 aromatic heterocycles. The first kappa shape index (κ1) is 13.0. The summed E-state index contributed by atoms with van der Waals surface area (Å²) < 4.78 is 0. The zero-order chi connectivity index (χ0) is 13.8. The second-order valence-corrected chi connectivity index (χ2v) is 4.38. The maximum atomic E-state index is 11.0. The molecule has 0 amide bonds. The molecule has 2 rings (SSSR count). The van der Waals surface area contributed by atoms with Crippen molar-refractivity contribution in [3.63, 3.8) is 0 Å². The van der Waals surface area contributed by atoms with Gasteiger partial charge in [-0.25, -0.2) is 14.8 Å². The smallest absolute Gasteiger partial charge is 0.374 e. The first-order chi connectivity index (χ1) is 9.08. The Labute approximate surface area is 111 Å². The third kappa shape index (κ3) is 3.07. The van der Waals surface area contributed by atoms with Crippen molar-refractivity contribution < 1.29 is 9.90 Å². The molecule has 1 aromatic carbocycles. The van der Waals surface area contributed by atoms with Crippen molar-refractivity contribution in [3.05, 3.63) is 41.7 Å². The van der Waals surface area contributed by atoms with Gasteiger partial charge in [0.25, 0.3) is 0 Å². The van der Waals surface area contributed by atoms with Gasteiger partial charge in [0.1, 0.15) is 5.82 Å². The number of aromatic carboxylic acids is 1. The van der Waals surface area contributed by atoms with E-state index in [4.69, 9.17) is 5.11 Å². The van der Waals surface area contributed by atoms with Crippen molar-refractivity contribution in [3.8, 4) is 0 Å². The summed E-state index contributed by atoms with van der Waals surface area (Å²) in [6.07, 6.45) is 2.01. The van der Waals surface area contributed by atoms with Crippen LogP contribution in [0.1, 0.15) is 24.5 Å². The zero-order valence-electron chi connectivity index (χ0n) is 10.8. The van der Waals surface area contributed by atoms with Crippen molar-refractivity contribution in [2.75, 3.05) is 11.9 Å². The number of allylic oxidation sites excluding steroid dienone is 1. The van der Waals surface area contributed by atoms with E-state index in [1.807, 2.05) is 38.1 Å². The summed E-state index contributed by atoms with van der Waals surface area (Å²) in [7, 11) is 0. The summed E-state index contributed by atoms with van der Waals surface area (Å²) in [5.74, 6) is -0.782. The normalized spacial score (nSPS) is 10.2. The quantitative estimate of drug-likeness (QED) is 0.824. The molecule has 0 aliphatic heterocycles. The van der Waals surface area contributed by atoms with Crippen LogP contribution in [0.25, 0.3) is 10.9 Å². The lowest BCUT2D eigenvalue weighted by Gasteiger charge is -2.08. The number of hydrogen-bond donors (Lipinski definition) is 2. The molecule has 5 nitrogen and oxygen atoms in total. The van der Waals surface area contributed by atoms with Gasteiger partial charge < -0.3 is 10.4 Å². The molecular formula is C14H15N3O2. The summed E-state index contributed by atoms with van der Waals surface area (Å²) in [5, 5.41) is 13.0. The predicted octanol–water partition coefficient (Wildman–Crippen LogP) is 2.71. The molecule has 0 spiro atoms. The molecule has 0 aliphatic carbocycles. The molecule has 0 aliphatic rings. The lowest BCUT2D eigenvalue weighted by molar-refractivity contribution is 0.0684. The number of hydrogen-bond acceptors (Lipinski definition) is 4. The second-order valence-electron chi connectivity index (χ2n) is 4.38. The van der Waals surface area contributed by atoms with Gasteiger partial charge in [-0.15, -0.1) is 0 Å². The highest BCUT2D eigenvalue weighted by Gasteiger charge is 2.11. The topological polar surface area (TPSA) is 75.1 Å². The average Bonchev–Trinajstić information content (AvgIpc) is 2.38. The van der Waals surface area contributed by atoms with Crippen LogP contribution in [0.5, 0.6) is 0 Å². The van der Waals surface area contributed by atoms with E-state index in [9.17, 15) is 4.79 Å². The molecule has 5 heteroatoms. The Bertz CT molecular complexity index is 646. The standard InChI is InChI=1S/C14H15N3O2/c1-9(2)7-8-15-12-10-5-3-4-6-11(10)16-13(17-12)14(18)19/h3-7H,8H2,1-2H3,(H,18,19)(H,15,16,17). The van der Waals surface area contributed by atoms with Crippen molar-refractivity contribution in [1.82, 2.24) is 9.97 Å². The van der Waals surface area contributed by atoms with Crippen molar-refractivity contribution in [2.45, 2.75) is 13.8 Å². The first-order valence-corrected chi connectivity index (χ1v) is 5.95. The van der Waals surface area contributed by atoms with Gasteiger partial charge in [-0.05, 0) is 26.0 Å². The molecule has 0 saturated heterocycles. The Morgan fingerprint density at radius 3 is 2.74 bits per heavy atom. The predicted molar refractivity (Wildman–Crippen MR) is 74.4 cm³/mol. The number of carboxylic acids is 1. The van der Waals surface area contributed by atoms with Crippen LogP contribution in [0.2, 0.25) is 0 Å². The molecule has 0 saturated carbocycles. The number of nitrogens with one attached hydrogen (secondary N) is 1. The van der Waals surface area contributed by atoms with Crippen molar-refractivity contribution in [2.24, 2.45) is 0 Å². The number of carbonyl (C=O) groups is 1. The van der Waals surface area contributed by atoms with Gasteiger partial charge in [0, 0.05) is 11.9 Å². The number of carboxylic acid groups (broad SMARTS) is 1. The number of nitrogens with zero attached hydrogens (tertiary/aromatic N) is 2. The van der Waals surface area contributed by atoms with Crippen molar-refractivity contribution >= 4 is 22.7 Å². The fraction of sp³-hybridized carbons (Fsp3) is 0.214. The van der Waals surface area contributed by atoms with E-state index in [-0.39, 0.29) is 5.82 Å². The van der Waals surface area contributed by atoms with Crippen LogP contribution in [-0.2, 0) is 0 Å². The average molecular weight is 257 g/mol. The molecule has 2 aromatic rings. The first-order valence-electron chi connectivity index (χ1n) is 5.95. The fourth-order valence-corrected chi connectivity index (χ4v) is 1.66. The molecule has 19 heavy (non-hydrogen) atoms. The highest BCUT2D eigenvalue weighted by molar-refractivity contribution is 5.93. The molecule has 2 N–H and O–H groups in total. The summed E-state index contributed by atoms with van der Waals surface area (Å²) >= 11 is 0. The Kier molecular flexibility index (Phi) is 3.75.